The van der Waals surface area contributed by atoms with Gasteiger partial charge in [0.15, 0.2) is 11.4 Å². The van der Waals surface area contributed by atoms with E-state index in [1.807, 2.05) is 37.3 Å². The molecule has 0 radical (unpaired) electrons. The maximum atomic E-state index is 5.59. The number of hydrogen-bond acceptors (Lipinski definition) is 5. The summed E-state index contributed by atoms with van der Waals surface area (Å²) in [5.74, 6) is 0.910. The van der Waals surface area contributed by atoms with Gasteiger partial charge in [-0.15, -0.1) is 10.2 Å². The fraction of sp³-hybridized carbons (Fsp3) is 0.353. The first-order valence-corrected chi connectivity index (χ1v) is 7.77. The highest BCUT2D eigenvalue weighted by atomic mass is 16.5. The molecule has 0 spiro atoms. The van der Waals surface area contributed by atoms with E-state index in [2.05, 4.69) is 20.3 Å². The molecule has 0 unspecified atom stereocenters. The Morgan fingerprint density at radius 3 is 2.55 bits per heavy atom. The van der Waals surface area contributed by atoms with Crippen LogP contribution in [0.3, 0.4) is 0 Å². The van der Waals surface area contributed by atoms with Crippen LogP contribution >= 0.6 is 0 Å². The van der Waals surface area contributed by atoms with Gasteiger partial charge in [0.1, 0.15) is 5.69 Å². The number of aryl methyl sites for hydroxylation is 1. The molecule has 1 saturated heterocycles. The number of aromatic nitrogens is 3. The van der Waals surface area contributed by atoms with E-state index < -0.39 is 0 Å². The molecule has 3 aromatic rings. The molecular formula is C17H18N4O. The molecule has 0 amide bonds. The quantitative estimate of drug-likeness (QED) is 0.723. The first-order valence-electron chi connectivity index (χ1n) is 7.77. The predicted molar refractivity (Wildman–Crippen MR) is 85.8 cm³/mol. The van der Waals surface area contributed by atoms with Crippen molar-refractivity contribution in [1.82, 2.24) is 15.4 Å². The fourth-order valence-electron chi connectivity index (χ4n) is 3.10. The van der Waals surface area contributed by atoms with Crippen LogP contribution in [0.25, 0.3) is 22.2 Å². The maximum Gasteiger partial charge on any atom is 0.198 e. The van der Waals surface area contributed by atoms with Gasteiger partial charge >= 0.3 is 0 Å². The van der Waals surface area contributed by atoms with E-state index in [0.29, 0.717) is 0 Å². The van der Waals surface area contributed by atoms with E-state index in [9.17, 15) is 0 Å². The summed E-state index contributed by atoms with van der Waals surface area (Å²) >= 11 is 0. The molecule has 5 nitrogen and oxygen atoms in total. The second-order valence-corrected chi connectivity index (χ2v) is 5.76. The van der Waals surface area contributed by atoms with Crippen molar-refractivity contribution in [3.05, 3.63) is 36.0 Å². The largest absolute Gasteiger partial charge is 0.354 e. The van der Waals surface area contributed by atoms with Crippen molar-refractivity contribution in [2.45, 2.75) is 26.2 Å². The summed E-state index contributed by atoms with van der Waals surface area (Å²) in [6.45, 7) is 4.02. The Balaban J connectivity index is 1.89. The highest BCUT2D eigenvalue weighted by Gasteiger charge is 2.22. The standard InChI is InChI=1S/C17H18N4O/c1-12-14-16(22-20-12)15(13-8-4-2-5-9-13)18-19-17(14)21-10-6-3-7-11-21/h2,4-5,8-9H,3,6-7,10-11H2,1H3. The molecule has 0 N–H and O–H groups in total. The van der Waals surface area contributed by atoms with E-state index in [4.69, 9.17) is 4.52 Å². The minimum atomic E-state index is 0.735. The number of rotatable bonds is 2. The molecule has 1 fully saturated rings. The lowest BCUT2D eigenvalue weighted by Gasteiger charge is -2.27. The van der Waals surface area contributed by atoms with E-state index in [-0.39, 0.29) is 0 Å². The van der Waals surface area contributed by atoms with Gasteiger partial charge in [-0.3, -0.25) is 0 Å². The topological polar surface area (TPSA) is 55.1 Å². The van der Waals surface area contributed by atoms with Crippen molar-refractivity contribution >= 4 is 16.8 Å². The smallest absolute Gasteiger partial charge is 0.198 e. The Hall–Kier alpha value is -2.43. The summed E-state index contributed by atoms with van der Waals surface area (Å²) in [7, 11) is 0. The summed E-state index contributed by atoms with van der Waals surface area (Å²) in [4.78, 5) is 2.30. The van der Waals surface area contributed by atoms with Crippen molar-refractivity contribution in [2.75, 3.05) is 18.0 Å². The Labute approximate surface area is 128 Å². The van der Waals surface area contributed by atoms with Gasteiger partial charge in [0.25, 0.3) is 0 Å². The van der Waals surface area contributed by atoms with Crippen molar-refractivity contribution in [2.24, 2.45) is 0 Å². The molecule has 0 saturated carbocycles. The molecule has 1 aliphatic rings. The van der Waals surface area contributed by atoms with Crippen LogP contribution in [0, 0.1) is 6.92 Å². The molecule has 0 atom stereocenters. The van der Waals surface area contributed by atoms with E-state index in [1.165, 1.54) is 19.3 Å². The van der Waals surface area contributed by atoms with Crippen LogP contribution in [-0.4, -0.2) is 28.4 Å². The third-order valence-electron chi connectivity index (χ3n) is 4.25. The van der Waals surface area contributed by atoms with Crippen LogP contribution in [0.5, 0.6) is 0 Å². The lowest BCUT2D eigenvalue weighted by atomic mass is 10.1. The van der Waals surface area contributed by atoms with E-state index in [1.54, 1.807) is 0 Å². The SMILES string of the molecule is Cc1noc2c(-c3ccccc3)nnc(N3CCCCC3)c12. The molecule has 112 valence electrons. The summed E-state index contributed by atoms with van der Waals surface area (Å²) < 4.78 is 5.59. The zero-order chi connectivity index (χ0) is 14.9. The summed E-state index contributed by atoms with van der Waals surface area (Å²) in [5.41, 5.74) is 3.38. The molecule has 0 aliphatic carbocycles. The molecule has 3 heterocycles. The summed E-state index contributed by atoms with van der Waals surface area (Å²) in [5, 5.41) is 14.1. The lowest BCUT2D eigenvalue weighted by molar-refractivity contribution is 0.450. The fourth-order valence-corrected chi connectivity index (χ4v) is 3.10. The van der Waals surface area contributed by atoms with Gasteiger partial charge in [-0.05, 0) is 26.2 Å². The molecule has 1 aliphatic heterocycles. The van der Waals surface area contributed by atoms with Crippen molar-refractivity contribution in [3.8, 4) is 11.3 Å². The number of benzene rings is 1. The normalized spacial score (nSPS) is 15.4. The minimum Gasteiger partial charge on any atom is -0.354 e. The van der Waals surface area contributed by atoms with Crippen LogP contribution in [-0.2, 0) is 0 Å². The Morgan fingerprint density at radius 1 is 1.00 bits per heavy atom. The maximum absolute atomic E-state index is 5.59. The van der Waals surface area contributed by atoms with Gasteiger partial charge in [-0.1, -0.05) is 35.5 Å². The highest BCUT2D eigenvalue weighted by Crippen LogP contribution is 2.34. The van der Waals surface area contributed by atoms with Gasteiger partial charge < -0.3 is 9.42 Å². The van der Waals surface area contributed by atoms with Gasteiger partial charge in [0.2, 0.25) is 0 Å². The third kappa shape index (κ3) is 2.13. The molecule has 1 aromatic carbocycles. The number of piperidine rings is 1. The monoisotopic (exact) mass is 294 g/mol. The van der Waals surface area contributed by atoms with E-state index >= 15 is 0 Å². The molecule has 2 aromatic heterocycles. The zero-order valence-electron chi connectivity index (χ0n) is 12.6. The van der Waals surface area contributed by atoms with Crippen LogP contribution in [0.15, 0.2) is 34.9 Å². The Kier molecular flexibility index (Phi) is 3.25. The van der Waals surface area contributed by atoms with Gasteiger partial charge in [-0.25, -0.2) is 0 Å². The van der Waals surface area contributed by atoms with Crippen LogP contribution in [0.2, 0.25) is 0 Å². The lowest BCUT2D eigenvalue weighted by Crippen LogP contribution is -2.30. The Morgan fingerprint density at radius 2 is 1.77 bits per heavy atom. The van der Waals surface area contributed by atoms with Crippen LogP contribution in [0.1, 0.15) is 25.0 Å². The van der Waals surface area contributed by atoms with Crippen molar-refractivity contribution < 1.29 is 4.52 Å². The van der Waals surface area contributed by atoms with Crippen LogP contribution < -0.4 is 4.90 Å². The number of hydrogen-bond donors (Lipinski definition) is 0. The van der Waals surface area contributed by atoms with E-state index in [0.717, 1.165) is 46.8 Å². The molecule has 0 bridgehead atoms. The van der Waals surface area contributed by atoms with Crippen LogP contribution in [0.4, 0.5) is 5.82 Å². The average Bonchev–Trinajstić information content (AvgIpc) is 2.98. The van der Waals surface area contributed by atoms with Crippen molar-refractivity contribution in [1.29, 1.82) is 0 Å². The molecule has 5 heteroatoms. The van der Waals surface area contributed by atoms with Gasteiger partial charge in [0, 0.05) is 18.7 Å². The molecule has 4 rings (SSSR count). The minimum absolute atomic E-state index is 0.735. The second kappa shape index (κ2) is 5.40. The number of anilines is 1. The van der Waals surface area contributed by atoms with Crippen molar-refractivity contribution in [3.63, 3.8) is 0 Å². The predicted octanol–water partition coefficient (Wildman–Crippen LogP) is 3.58. The number of nitrogens with zero attached hydrogens (tertiary/aromatic N) is 4. The highest BCUT2D eigenvalue weighted by molar-refractivity contribution is 5.97. The molecule has 22 heavy (non-hydrogen) atoms. The molecular weight excluding hydrogens is 276 g/mol. The van der Waals surface area contributed by atoms with Gasteiger partial charge in [-0.2, -0.15) is 0 Å². The average molecular weight is 294 g/mol. The Bertz CT molecular complexity index is 791. The van der Waals surface area contributed by atoms with Gasteiger partial charge in [0.05, 0.1) is 11.1 Å². The first kappa shape index (κ1) is 13.2. The number of fused-ring (bicyclic) bond motifs is 1. The third-order valence-corrected chi connectivity index (χ3v) is 4.25. The second-order valence-electron chi connectivity index (χ2n) is 5.76. The zero-order valence-corrected chi connectivity index (χ0v) is 12.6. The first-order chi connectivity index (χ1) is 10.8. The summed E-state index contributed by atoms with van der Waals surface area (Å²) in [6, 6.07) is 10.0. The summed E-state index contributed by atoms with van der Waals surface area (Å²) in [6.07, 6.45) is 3.69.